The number of carbonyl (C=O) groups excluding carboxylic acids is 2. The highest BCUT2D eigenvalue weighted by molar-refractivity contribution is 6.35. The Balaban J connectivity index is 1.84. The van der Waals surface area contributed by atoms with Gasteiger partial charge in [-0.05, 0) is 59.6 Å². The number of ketones is 2. The summed E-state index contributed by atoms with van der Waals surface area (Å²) in [6, 6.07) is 11.5. The van der Waals surface area contributed by atoms with Gasteiger partial charge in [-0.1, -0.05) is 63.0 Å². The van der Waals surface area contributed by atoms with Crippen LogP contribution in [0.2, 0.25) is 10.0 Å². The lowest BCUT2D eigenvalue weighted by molar-refractivity contribution is -0.119. The van der Waals surface area contributed by atoms with Crippen LogP contribution in [-0.2, 0) is 9.59 Å². The SMILES string of the molecule is CC1(C)CC(=O)C2=C(C1)N(c1cc(Cl)cc(Cl)c1)C1=C(C(=O)CC(C)(C)C1)C2c1ccc(F)cc1. The van der Waals surface area contributed by atoms with Crippen LogP contribution in [0.25, 0.3) is 0 Å². The number of rotatable bonds is 2. The summed E-state index contributed by atoms with van der Waals surface area (Å²) in [5.41, 5.74) is 4.00. The second-order valence-electron chi connectivity index (χ2n) is 11.6. The molecule has 0 N–H and O–H groups in total. The predicted octanol–water partition coefficient (Wildman–Crippen LogP) is 8.02. The van der Waals surface area contributed by atoms with Crippen molar-refractivity contribution in [2.75, 3.05) is 4.90 Å². The van der Waals surface area contributed by atoms with Crippen molar-refractivity contribution in [3.05, 3.63) is 86.4 Å². The minimum Gasteiger partial charge on any atom is -0.317 e. The van der Waals surface area contributed by atoms with Crippen LogP contribution in [0.3, 0.4) is 0 Å². The van der Waals surface area contributed by atoms with Crippen molar-refractivity contribution in [3.8, 4) is 0 Å². The van der Waals surface area contributed by atoms with Gasteiger partial charge in [-0.15, -0.1) is 0 Å². The average molecular weight is 512 g/mol. The van der Waals surface area contributed by atoms with Crippen molar-refractivity contribution in [1.29, 1.82) is 0 Å². The van der Waals surface area contributed by atoms with Crippen molar-refractivity contribution >= 4 is 40.5 Å². The Morgan fingerprint density at radius 1 is 0.771 bits per heavy atom. The molecule has 0 saturated carbocycles. The normalized spacial score (nSPS) is 21.9. The van der Waals surface area contributed by atoms with Crippen molar-refractivity contribution in [2.45, 2.75) is 59.3 Å². The Kier molecular flexibility index (Phi) is 5.77. The zero-order chi connectivity index (χ0) is 25.3. The summed E-state index contributed by atoms with van der Waals surface area (Å²) in [5, 5.41) is 0.973. The standard InChI is InChI=1S/C29H28Cl2FNO2/c1-28(2)12-21-26(23(34)14-28)25(16-5-7-19(32)8-6-16)27-22(13-29(3,4)15-24(27)35)33(21)20-10-17(30)9-18(31)11-20/h5-11,25H,12-15H2,1-4H3. The monoisotopic (exact) mass is 511 g/mol. The molecule has 3 nitrogen and oxygen atoms in total. The first-order chi connectivity index (χ1) is 16.3. The Morgan fingerprint density at radius 2 is 1.23 bits per heavy atom. The zero-order valence-corrected chi connectivity index (χ0v) is 21.9. The maximum atomic E-state index is 13.8. The van der Waals surface area contributed by atoms with E-state index in [1.54, 1.807) is 18.2 Å². The van der Waals surface area contributed by atoms with Crippen molar-refractivity contribution in [2.24, 2.45) is 10.8 Å². The summed E-state index contributed by atoms with van der Waals surface area (Å²) in [7, 11) is 0. The Morgan fingerprint density at radius 3 is 1.69 bits per heavy atom. The molecular weight excluding hydrogens is 484 g/mol. The van der Waals surface area contributed by atoms with E-state index in [-0.39, 0.29) is 28.2 Å². The van der Waals surface area contributed by atoms with Gasteiger partial charge in [0.05, 0.1) is 0 Å². The number of allylic oxidation sites excluding steroid dienone is 4. The molecule has 2 aromatic carbocycles. The number of benzene rings is 2. The minimum absolute atomic E-state index is 0.0212. The van der Waals surface area contributed by atoms with Crippen LogP contribution in [0.5, 0.6) is 0 Å². The molecular formula is C29H28Cl2FNO2. The lowest BCUT2D eigenvalue weighted by atomic mass is 9.63. The van der Waals surface area contributed by atoms with Crippen molar-refractivity contribution < 1.29 is 14.0 Å². The van der Waals surface area contributed by atoms with Crippen LogP contribution >= 0.6 is 23.2 Å². The fourth-order valence-electron chi connectivity index (χ4n) is 5.93. The quantitative estimate of drug-likeness (QED) is 0.409. The van der Waals surface area contributed by atoms with Crippen LogP contribution in [0.15, 0.2) is 65.0 Å². The number of hydrogen-bond acceptors (Lipinski definition) is 3. The predicted molar refractivity (Wildman–Crippen MR) is 138 cm³/mol. The Bertz CT molecular complexity index is 1250. The van der Waals surface area contributed by atoms with Crippen LogP contribution in [0, 0.1) is 16.6 Å². The molecule has 0 saturated heterocycles. The summed E-state index contributed by atoms with van der Waals surface area (Å²) < 4.78 is 13.8. The molecule has 0 aromatic heterocycles. The number of anilines is 1. The van der Waals surface area contributed by atoms with Gasteiger partial charge >= 0.3 is 0 Å². The maximum Gasteiger partial charge on any atom is 0.162 e. The van der Waals surface area contributed by atoms with Gasteiger partial charge in [-0.2, -0.15) is 0 Å². The molecule has 0 bridgehead atoms. The minimum atomic E-state index is -0.515. The number of Topliss-reactive ketones (excluding diaryl/α,β-unsaturated/α-hetero) is 2. The highest BCUT2D eigenvalue weighted by Gasteiger charge is 2.49. The molecule has 0 fully saturated rings. The summed E-state index contributed by atoms with van der Waals surface area (Å²) in [4.78, 5) is 29.6. The first-order valence-corrected chi connectivity index (χ1v) is 12.6. The summed E-state index contributed by atoms with van der Waals surface area (Å²) in [6.45, 7) is 8.35. The summed E-state index contributed by atoms with van der Waals surface area (Å²) >= 11 is 12.8. The molecule has 0 atom stereocenters. The van der Waals surface area contributed by atoms with Gasteiger partial charge in [0.15, 0.2) is 11.6 Å². The van der Waals surface area contributed by atoms with E-state index in [2.05, 4.69) is 32.6 Å². The van der Waals surface area contributed by atoms with Gasteiger partial charge in [-0.25, -0.2) is 4.39 Å². The molecule has 0 spiro atoms. The topological polar surface area (TPSA) is 37.4 Å². The molecule has 0 radical (unpaired) electrons. The first-order valence-electron chi connectivity index (χ1n) is 11.9. The number of hydrogen-bond donors (Lipinski definition) is 0. The fourth-order valence-corrected chi connectivity index (χ4v) is 6.45. The second kappa shape index (κ2) is 8.31. The van der Waals surface area contributed by atoms with Crippen LogP contribution in [0.4, 0.5) is 10.1 Å². The van der Waals surface area contributed by atoms with Crippen molar-refractivity contribution in [1.82, 2.24) is 0 Å². The molecule has 3 aliphatic rings. The Hall–Kier alpha value is -2.43. The van der Waals surface area contributed by atoms with Gasteiger partial charge in [0, 0.05) is 57.0 Å². The van der Waals surface area contributed by atoms with E-state index in [9.17, 15) is 14.0 Å². The van der Waals surface area contributed by atoms with E-state index < -0.39 is 5.92 Å². The highest BCUT2D eigenvalue weighted by Crippen LogP contribution is 2.55. The molecule has 182 valence electrons. The molecule has 6 heteroatoms. The third-order valence-electron chi connectivity index (χ3n) is 7.22. The second-order valence-corrected chi connectivity index (χ2v) is 12.4. The van der Waals surface area contributed by atoms with E-state index in [1.165, 1.54) is 12.1 Å². The van der Waals surface area contributed by atoms with Crippen LogP contribution in [0.1, 0.15) is 64.9 Å². The number of halogens is 3. The lowest BCUT2D eigenvalue weighted by Crippen LogP contribution is -2.44. The van der Waals surface area contributed by atoms with E-state index in [0.29, 0.717) is 46.9 Å². The Labute approximate surface area is 215 Å². The zero-order valence-electron chi connectivity index (χ0n) is 20.3. The molecule has 0 unspecified atom stereocenters. The van der Waals surface area contributed by atoms with Gasteiger partial charge in [0.2, 0.25) is 0 Å². The first kappa shape index (κ1) is 24.3. The van der Waals surface area contributed by atoms with Gasteiger partial charge in [0.1, 0.15) is 5.82 Å². The van der Waals surface area contributed by atoms with Gasteiger partial charge in [-0.3, -0.25) is 9.59 Å². The van der Waals surface area contributed by atoms with Crippen LogP contribution in [-0.4, -0.2) is 11.6 Å². The van der Waals surface area contributed by atoms with E-state index in [4.69, 9.17) is 23.2 Å². The smallest absolute Gasteiger partial charge is 0.162 e. The van der Waals surface area contributed by atoms with Crippen molar-refractivity contribution in [3.63, 3.8) is 0 Å². The average Bonchev–Trinajstić information content (AvgIpc) is 2.70. The van der Waals surface area contributed by atoms with Gasteiger partial charge < -0.3 is 4.90 Å². The number of carbonyl (C=O) groups is 2. The summed E-state index contributed by atoms with van der Waals surface area (Å²) in [6.07, 6.45) is 2.08. The number of nitrogens with zero attached hydrogens (tertiary/aromatic N) is 1. The highest BCUT2D eigenvalue weighted by atomic mass is 35.5. The van der Waals surface area contributed by atoms with E-state index in [1.807, 2.05) is 12.1 Å². The third-order valence-corrected chi connectivity index (χ3v) is 7.66. The molecule has 1 aliphatic heterocycles. The van der Waals surface area contributed by atoms with Gasteiger partial charge in [0.25, 0.3) is 0 Å². The lowest BCUT2D eigenvalue weighted by Gasteiger charge is -2.49. The van der Waals surface area contributed by atoms with Crippen LogP contribution < -0.4 is 4.90 Å². The molecule has 1 heterocycles. The van der Waals surface area contributed by atoms with E-state index in [0.717, 1.165) is 22.6 Å². The molecule has 5 rings (SSSR count). The summed E-state index contributed by atoms with van der Waals surface area (Å²) in [5.74, 6) is -0.824. The third kappa shape index (κ3) is 4.36. The fraction of sp³-hybridized carbons (Fsp3) is 0.379. The molecule has 35 heavy (non-hydrogen) atoms. The molecule has 2 aliphatic carbocycles. The van der Waals surface area contributed by atoms with E-state index >= 15 is 0 Å². The largest absolute Gasteiger partial charge is 0.317 e. The molecule has 0 amide bonds. The maximum absolute atomic E-state index is 13.8. The molecule has 2 aromatic rings.